The first-order valence-corrected chi connectivity index (χ1v) is 8.53. The minimum Gasteiger partial charge on any atom is -0.369 e. The average molecular weight is 405 g/mol. The fourth-order valence-electron chi connectivity index (χ4n) is 2.42. The van der Waals surface area contributed by atoms with Crippen LogP contribution in [0.3, 0.4) is 0 Å². The Morgan fingerprint density at radius 3 is 2.80 bits per heavy atom. The van der Waals surface area contributed by atoms with E-state index in [0.29, 0.717) is 0 Å². The topological polar surface area (TPSA) is 45.2 Å². The summed E-state index contributed by atoms with van der Waals surface area (Å²) in [6, 6.07) is 0. The van der Waals surface area contributed by atoms with Crippen molar-refractivity contribution in [3.63, 3.8) is 0 Å². The summed E-state index contributed by atoms with van der Waals surface area (Å²) in [4.78, 5) is 18.4. The molecule has 0 aromatic carbocycles. The molecule has 1 saturated heterocycles. The first-order chi connectivity index (χ1) is 9.63. The largest absolute Gasteiger partial charge is 0.369 e. The SMILES string of the molecule is CCCCNC(=O)C1CCN(c2c(Br)cncc2Br)C1. The van der Waals surface area contributed by atoms with Crippen LogP contribution < -0.4 is 10.2 Å². The highest BCUT2D eigenvalue weighted by Gasteiger charge is 2.30. The van der Waals surface area contributed by atoms with Crippen molar-refractivity contribution in [3.05, 3.63) is 21.3 Å². The van der Waals surface area contributed by atoms with Gasteiger partial charge < -0.3 is 10.2 Å². The maximum Gasteiger partial charge on any atom is 0.224 e. The number of carbonyl (C=O) groups is 1. The second-order valence-electron chi connectivity index (χ2n) is 5.03. The zero-order valence-electron chi connectivity index (χ0n) is 11.5. The number of carbonyl (C=O) groups excluding carboxylic acids is 1. The van der Waals surface area contributed by atoms with E-state index in [4.69, 9.17) is 0 Å². The van der Waals surface area contributed by atoms with E-state index in [1.807, 2.05) is 0 Å². The van der Waals surface area contributed by atoms with Crippen molar-refractivity contribution < 1.29 is 4.79 Å². The van der Waals surface area contributed by atoms with Crippen LogP contribution in [0.25, 0.3) is 0 Å². The van der Waals surface area contributed by atoms with Crippen LogP contribution in [0, 0.1) is 5.92 Å². The van der Waals surface area contributed by atoms with E-state index in [-0.39, 0.29) is 11.8 Å². The molecule has 6 heteroatoms. The van der Waals surface area contributed by atoms with Gasteiger partial charge in [0.25, 0.3) is 0 Å². The molecule has 1 aromatic rings. The number of nitrogens with zero attached hydrogens (tertiary/aromatic N) is 2. The lowest BCUT2D eigenvalue weighted by Crippen LogP contribution is -2.33. The third kappa shape index (κ3) is 3.73. The molecule has 20 heavy (non-hydrogen) atoms. The Balaban J connectivity index is 1.97. The quantitative estimate of drug-likeness (QED) is 0.765. The van der Waals surface area contributed by atoms with Crippen molar-refractivity contribution in [1.82, 2.24) is 10.3 Å². The van der Waals surface area contributed by atoms with Gasteiger partial charge in [-0.3, -0.25) is 9.78 Å². The van der Waals surface area contributed by atoms with Crippen LogP contribution in [0.15, 0.2) is 21.3 Å². The molecule has 1 aliphatic heterocycles. The van der Waals surface area contributed by atoms with E-state index >= 15 is 0 Å². The van der Waals surface area contributed by atoms with Crippen molar-refractivity contribution in [2.24, 2.45) is 5.92 Å². The maximum absolute atomic E-state index is 12.1. The van der Waals surface area contributed by atoms with Gasteiger partial charge in [-0.25, -0.2) is 0 Å². The van der Waals surface area contributed by atoms with E-state index in [9.17, 15) is 4.79 Å². The number of nitrogens with one attached hydrogen (secondary N) is 1. The van der Waals surface area contributed by atoms with Crippen LogP contribution in [0.2, 0.25) is 0 Å². The lowest BCUT2D eigenvalue weighted by Gasteiger charge is -2.21. The first kappa shape index (κ1) is 15.8. The third-order valence-corrected chi connectivity index (χ3v) is 4.69. The van der Waals surface area contributed by atoms with Gasteiger partial charge in [-0.1, -0.05) is 13.3 Å². The number of amides is 1. The van der Waals surface area contributed by atoms with E-state index in [0.717, 1.165) is 53.5 Å². The molecular formula is C14H19Br2N3O. The van der Waals surface area contributed by atoms with Gasteiger partial charge in [0.05, 0.1) is 20.6 Å². The number of halogens is 2. The summed E-state index contributed by atoms with van der Waals surface area (Å²) >= 11 is 7.06. The number of rotatable bonds is 5. The molecule has 1 atom stereocenters. The fraction of sp³-hybridized carbons (Fsp3) is 0.571. The Labute approximate surface area is 136 Å². The monoisotopic (exact) mass is 403 g/mol. The molecule has 1 N–H and O–H groups in total. The highest BCUT2D eigenvalue weighted by molar-refractivity contribution is 9.11. The Morgan fingerprint density at radius 1 is 1.45 bits per heavy atom. The number of anilines is 1. The summed E-state index contributed by atoms with van der Waals surface area (Å²) in [5, 5.41) is 3.03. The number of hydrogen-bond donors (Lipinski definition) is 1. The maximum atomic E-state index is 12.1. The Morgan fingerprint density at radius 2 is 2.15 bits per heavy atom. The molecule has 2 rings (SSSR count). The molecule has 2 heterocycles. The molecule has 4 nitrogen and oxygen atoms in total. The Bertz CT molecular complexity index is 461. The summed E-state index contributed by atoms with van der Waals surface area (Å²) in [5.41, 5.74) is 1.09. The molecular weight excluding hydrogens is 386 g/mol. The van der Waals surface area contributed by atoms with Crippen LogP contribution in [-0.4, -0.2) is 30.5 Å². The molecule has 0 aliphatic carbocycles. The first-order valence-electron chi connectivity index (χ1n) is 6.95. The Hall–Kier alpha value is -0.620. The summed E-state index contributed by atoms with van der Waals surface area (Å²) in [6.07, 6.45) is 6.63. The molecule has 110 valence electrons. The summed E-state index contributed by atoms with van der Waals surface area (Å²) < 4.78 is 1.91. The van der Waals surface area contributed by atoms with Gasteiger partial charge in [-0.05, 0) is 44.7 Å². The molecule has 0 saturated carbocycles. The van der Waals surface area contributed by atoms with Crippen molar-refractivity contribution in [2.45, 2.75) is 26.2 Å². The van der Waals surface area contributed by atoms with Crippen LogP contribution >= 0.6 is 31.9 Å². The van der Waals surface area contributed by atoms with E-state index in [1.165, 1.54) is 0 Å². The molecule has 0 radical (unpaired) electrons. The number of aromatic nitrogens is 1. The van der Waals surface area contributed by atoms with Gasteiger partial charge in [0, 0.05) is 32.0 Å². The number of hydrogen-bond acceptors (Lipinski definition) is 3. The van der Waals surface area contributed by atoms with Crippen molar-refractivity contribution in [1.29, 1.82) is 0 Å². The molecule has 1 fully saturated rings. The van der Waals surface area contributed by atoms with E-state index in [1.54, 1.807) is 12.4 Å². The predicted octanol–water partition coefficient (Wildman–Crippen LogP) is 3.35. The molecule has 0 spiro atoms. The van der Waals surface area contributed by atoms with Crippen molar-refractivity contribution in [2.75, 3.05) is 24.5 Å². The molecule has 1 unspecified atom stereocenters. The second-order valence-corrected chi connectivity index (χ2v) is 6.74. The predicted molar refractivity (Wildman–Crippen MR) is 87.9 cm³/mol. The van der Waals surface area contributed by atoms with Gasteiger partial charge in [-0.2, -0.15) is 0 Å². The lowest BCUT2D eigenvalue weighted by molar-refractivity contribution is -0.124. The van der Waals surface area contributed by atoms with Gasteiger partial charge in [0.2, 0.25) is 5.91 Å². The summed E-state index contributed by atoms with van der Waals surface area (Å²) in [6.45, 7) is 4.57. The minimum absolute atomic E-state index is 0.0822. The highest BCUT2D eigenvalue weighted by atomic mass is 79.9. The average Bonchev–Trinajstić information content (AvgIpc) is 2.88. The normalized spacial score (nSPS) is 18.4. The van der Waals surface area contributed by atoms with Crippen LogP contribution in [-0.2, 0) is 4.79 Å². The van der Waals surface area contributed by atoms with Gasteiger partial charge >= 0.3 is 0 Å². The van der Waals surface area contributed by atoms with Crippen LogP contribution in [0.5, 0.6) is 0 Å². The smallest absolute Gasteiger partial charge is 0.224 e. The second kappa shape index (κ2) is 7.41. The van der Waals surface area contributed by atoms with Gasteiger partial charge in [-0.15, -0.1) is 0 Å². The van der Waals surface area contributed by atoms with Crippen molar-refractivity contribution >= 4 is 43.5 Å². The number of unbranched alkanes of at least 4 members (excludes halogenated alkanes) is 1. The standard InChI is InChI=1S/C14H19Br2N3O/c1-2-3-5-18-14(20)10-4-6-19(9-10)13-11(15)7-17-8-12(13)16/h7-8,10H,2-6,9H2,1H3,(H,18,20). The third-order valence-electron chi connectivity index (χ3n) is 3.53. The lowest BCUT2D eigenvalue weighted by atomic mass is 10.1. The van der Waals surface area contributed by atoms with E-state index < -0.39 is 0 Å². The van der Waals surface area contributed by atoms with Crippen LogP contribution in [0.1, 0.15) is 26.2 Å². The summed E-state index contributed by atoms with van der Waals surface area (Å²) in [5.74, 6) is 0.265. The molecule has 0 bridgehead atoms. The molecule has 1 amide bonds. The zero-order chi connectivity index (χ0) is 14.5. The van der Waals surface area contributed by atoms with Crippen LogP contribution in [0.4, 0.5) is 5.69 Å². The van der Waals surface area contributed by atoms with Crippen molar-refractivity contribution in [3.8, 4) is 0 Å². The fourth-order valence-corrected chi connectivity index (χ4v) is 3.85. The van der Waals surface area contributed by atoms with E-state index in [2.05, 4.69) is 54.0 Å². The minimum atomic E-state index is 0.0822. The number of pyridine rings is 1. The van der Waals surface area contributed by atoms with Gasteiger partial charge in [0.1, 0.15) is 0 Å². The molecule has 1 aromatic heterocycles. The summed E-state index contributed by atoms with van der Waals surface area (Å²) in [7, 11) is 0. The van der Waals surface area contributed by atoms with Gasteiger partial charge in [0.15, 0.2) is 0 Å². The Kier molecular flexibility index (Phi) is 5.84. The molecule has 1 aliphatic rings. The zero-order valence-corrected chi connectivity index (χ0v) is 14.7. The highest BCUT2D eigenvalue weighted by Crippen LogP contribution is 2.36.